The lowest BCUT2D eigenvalue weighted by molar-refractivity contribution is -0.587. The lowest BCUT2D eigenvalue weighted by Crippen LogP contribution is -2.66. The Balaban J connectivity index is 2.72. The van der Waals surface area contributed by atoms with Crippen LogP contribution in [0.2, 0.25) is 0 Å². The number of fused-ring (bicyclic) bond motifs is 3. The maximum absolute atomic E-state index is 11.1. The molecule has 2 aromatic carbocycles. The Morgan fingerprint density at radius 1 is 1.11 bits per heavy atom. The van der Waals surface area contributed by atoms with Crippen molar-refractivity contribution in [3.05, 3.63) is 84.3 Å². The van der Waals surface area contributed by atoms with Gasteiger partial charge in [0.1, 0.15) is 0 Å². The van der Waals surface area contributed by atoms with Gasteiger partial charge >= 0.3 is 0 Å². The Hall–Kier alpha value is -2.69. The average molecular weight is 477 g/mol. The highest BCUT2D eigenvalue weighted by Crippen LogP contribution is 2.52. The molecule has 0 fully saturated rings. The van der Waals surface area contributed by atoms with Gasteiger partial charge < -0.3 is 14.6 Å². The van der Waals surface area contributed by atoms with Gasteiger partial charge in [-0.3, -0.25) is 0 Å². The molecule has 2 aromatic rings. The summed E-state index contributed by atoms with van der Waals surface area (Å²) in [4.78, 5) is 0. The number of hydrogen-bond acceptors (Lipinski definition) is 3. The molecule has 1 N–H and O–H groups in total. The van der Waals surface area contributed by atoms with Crippen LogP contribution < -0.4 is 0 Å². The number of benzene rings is 2. The van der Waals surface area contributed by atoms with Crippen LogP contribution >= 0.6 is 0 Å². The van der Waals surface area contributed by atoms with E-state index in [9.17, 15) is 5.11 Å². The molecule has 0 radical (unpaired) electrons. The molecule has 1 aliphatic rings. The molecule has 0 amide bonds. The fourth-order valence-corrected chi connectivity index (χ4v) is 6.22. The summed E-state index contributed by atoms with van der Waals surface area (Å²) in [5.74, 6) is -0.0942. The van der Waals surface area contributed by atoms with E-state index in [1.54, 1.807) is 14.2 Å². The van der Waals surface area contributed by atoms with E-state index in [4.69, 9.17) is 9.47 Å². The molecule has 1 aliphatic heterocycles. The molecule has 0 aromatic heterocycles. The van der Waals surface area contributed by atoms with Gasteiger partial charge in [0.05, 0.1) is 30.1 Å². The molecule has 0 bridgehead atoms. The first-order chi connectivity index (χ1) is 16.3. The molecule has 0 aliphatic carbocycles. The third-order valence-corrected chi connectivity index (χ3v) is 7.91. The SMILES string of the molecule is C=CC(COC)C1(C)[N+](C(=C)C)=C(C(=C)O)c2cc(C(C)(C)C)c3ccccc3c2C1(C)COC. The first-order valence-electron chi connectivity index (χ1n) is 12.2. The molecule has 35 heavy (non-hydrogen) atoms. The van der Waals surface area contributed by atoms with Gasteiger partial charge in [0, 0.05) is 28.1 Å². The van der Waals surface area contributed by atoms with Crippen molar-refractivity contribution in [1.29, 1.82) is 0 Å². The second kappa shape index (κ2) is 9.40. The van der Waals surface area contributed by atoms with Crippen LogP contribution in [-0.4, -0.2) is 48.4 Å². The van der Waals surface area contributed by atoms with Crippen LogP contribution in [0.4, 0.5) is 0 Å². The standard InChI is InChI=1S/C31H41NO3/c1-12-22(18-34-10)31(9)30(8,19-35-11)27-24-16-14-13-15-23(24)26(29(5,6)7)17-25(27)28(21(4)33)32(31)20(2)3/h12-17,22H,1-2,4,18-19H2,3,5-11H3/p+1. The van der Waals surface area contributed by atoms with Crippen molar-refractivity contribution in [1.82, 2.24) is 0 Å². The Bertz CT molecular complexity index is 1220. The van der Waals surface area contributed by atoms with E-state index in [2.05, 4.69) is 89.3 Å². The molecular weight excluding hydrogens is 434 g/mol. The highest BCUT2D eigenvalue weighted by Gasteiger charge is 2.64. The number of aliphatic hydroxyl groups is 1. The second-order valence-electron chi connectivity index (χ2n) is 11.2. The van der Waals surface area contributed by atoms with Crippen LogP contribution in [0.3, 0.4) is 0 Å². The van der Waals surface area contributed by atoms with Crippen LogP contribution in [0, 0.1) is 5.92 Å². The first-order valence-corrected chi connectivity index (χ1v) is 12.2. The molecule has 4 heteroatoms. The monoisotopic (exact) mass is 476 g/mol. The van der Waals surface area contributed by atoms with Gasteiger partial charge in [0.15, 0.2) is 17.0 Å². The predicted molar refractivity (Wildman–Crippen MR) is 147 cm³/mol. The minimum atomic E-state index is -0.632. The lowest BCUT2D eigenvalue weighted by Gasteiger charge is -2.50. The molecule has 3 unspecified atom stereocenters. The summed E-state index contributed by atoms with van der Waals surface area (Å²) in [6.07, 6.45) is 1.95. The van der Waals surface area contributed by atoms with Gasteiger partial charge in [-0.05, 0) is 53.5 Å². The minimum Gasteiger partial charge on any atom is -0.503 e. The first kappa shape index (κ1) is 26.9. The summed E-state index contributed by atoms with van der Waals surface area (Å²) in [7, 11) is 3.45. The zero-order chi connectivity index (χ0) is 26.3. The van der Waals surface area contributed by atoms with E-state index in [0.717, 1.165) is 22.2 Å². The second-order valence-corrected chi connectivity index (χ2v) is 11.2. The lowest BCUT2D eigenvalue weighted by atomic mass is 9.57. The van der Waals surface area contributed by atoms with Crippen LogP contribution in [0.1, 0.15) is 58.2 Å². The molecule has 3 atom stereocenters. The molecule has 1 heterocycles. The molecule has 3 rings (SSSR count). The van der Waals surface area contributed by atoms with Gasteiger partial charge in [-0.2, -0.15) is 4.58 Å². The van der Waals surface area contributed by atoms with E-state index in [-0.39, 0.29) is 17.1 Å². The summed E-state index contributed by atoms with van der Waals surface area (Å²) in [5, 5.41) is 13.5. The van der Waals surface area contributed by atoms with Gasteiger partial charge in [0.25, 0.3) is 5.71 Å². The van der Waals surface area contributed by atoms with Crippen LogP contribution in [0.5, 0.6) is 0 Å². The van der Waals surface area contributed by atoms with E-state index < -0.39 is 11.0 Å². The summed E-state index contributed by atoms with van der Waals surface area (Å²) in [6.45, 7) is 26.6. The summed E-state index contributed by atoms with van der Waals surface area (Å²) in [6, 6.07) is 10.8. The Morgan fingerprint density at radius 3 is 2.17 bits per heavy atom. The van der Waals surface area contributed by atoms with Crippen molar-refractivity contribution in [2.24, 2.45) is 5.92 Å². The maximum atomic E-state index is 11.1. The van der Waals surface area contributed by atoms with Gasteiger partial charge in [0.2, 0.25) is 0 Å². The van der Waals surface area contributed by atoms with Gasteiger partial charge in [-0.15, -0.1) is 6.58 Å². The highest BCUT2D eigenvalue weighted by atomic mass is 16.5. The van der Waals surface area contributed by atoms with Crippen molar-refractivity contribution >= 4 is 16.5 Å². The molecule has 0 saturated heterocycles. The number of allylic oxidation sites excluding steroid dienone is 2. The van der Waals surface area contributed by atoms with E-state index in [1.807, 2.05) is 13.0 Å². The maximum Gasteiger partial charge on any atom is 0.255 e. The zero-order valence-corrected chi connectivity index (χ0v) is 22.8. The van der Waals surface area contributed by atoms with Crippen molar-refractivity contribution in [2.75, 3.05) is 27.4 Å². The number of methoxy groups -OCH3 is 2. The number of hydrogen-bond donors (Lipinski definition) is 1. The van der Waals surface area contributed by atoms with Gasteiger partial charge in [-0.25, -0.2) is 0 Å². The third-order valence-electron chi connectivity index (χ3n) is 7.91. The molecule has 0 saturated carbocycles. The number of nitrogens with zero attached hydrogens (tertiary/aromatic N) is 1. The predicted octanol–water partition coefficient (Wildman–Crippen LogP) is 6.67. The van der Waals surface area contributed by atoms with Crippen molar-refractivity contribution in [3.8, 4) is 0 Å². The van der Waals surface area contributed by atoms with E-state index >= 15 is 0 Å². The van der Waals surface area contributed by atoms with Crippen LogP contribution in [-0.2, 0) is 20.3 Å². The minimum absolute atomic E-state index is 0.00955. The normalized spacial score (nSPS) is 23.2. The molecular formula is C31H42NO3+. The quantitative estimate of drug-likeness (QED) is 0.263. The highest BCUT2D eigenvalue weighted by molar-refractivity contribution is 6.13. The summed E-state index contributed by atoms with van der Waals surface area (Å²) < 4.78 is 13.8. The fourth-order valence-electron chi connectivity index (χ4n) is 6.22. The third kappa shape index (κ3) is 3.97. The van der Waals surface area contributed by atoms with Crippen LogP contribution in [0.25, 0.3) is 10.8 Å². The molecule has 0 spiro atoms. The van der Waals surface area contributed by atoms with E-state index in [1.165, 1.54) is 10.9 Å². The van der Waals surface area contributed by atoms with E-state index in [0.29, 0.717) is 18.9 Å². The number of ether oxygens (including phenoxy) is 2. The Morgan fingerprint density at radius 2 is 1.71 bits per heavy atom. The Labute approximate surface area is 211 Å². The van der Waals surface area contributed by atoms with Gasteiger partial charge in [-0.1, -0.05) is 51.1 Å². The van der Waals surface area contributed by atoms with Crippen LogP contribution in [0.15, 0.2) is 67.6 Å². The summed E-state index contributed by atoms with van der Waals surface area (Å²) in [5.41, 5.74) is 3.52. The number of aliphatic hydroxyl groups excluding tert-OH is 1. The average Bonchev–Trinajstić information content (AvgIpc) is 2.77. The number of rotatable bonds is 8. The zero-order valence-electron chi connectivity index (χ0n) is 22.8. The Kier molecular flexibility index (Phi) is 7.23. The fraction of sp³-hybridized carbons (Fsp3) is 0.452. The molecule has 4 nitrogen and oxygen atoms in total. The largest absolute Gasteiger partial charge is 0.503 e. The smallest absolute Gasteiger partial charge is 0.255 e. The summed E-state index contributed by atoms with van der Waals surface area (Å²) >= 11 is 0. The van der Waals surface area contributed by atoms with Crippen molar-refractivity contribution in [3.63, 3.8) is 0 Å². The molecule has 188 valence electrons. The van der Waals surface area contributed by atoms with Crippen molar-refractivity contribution < 1.29 is 19.2 Å². The van der Waals surface area contributed by atoms with Crippen molar-refractivity contribution in [2.45, 2.75) is 57.9 Å². The topological polar surface area (TPSA) is 41.7 Å².